The highest BCUT2D eigenvalue weighted by Crippen LogP contribution is 2.25. The third-order valence-corrected chi connectivity index (χ3v) is 5.22. The van der Waals surface area contributed by atoms with Crippen LogP contribution in [0.3, 0.4) is 0 Å². The lowest BCUT2D eigenvalue weighted by molar-refractivity contribution is -0.115. The minimum Gasteiger partial charge on any atom is -0.497 e. The molecule has 0 unspecified atom stereocenters. The fourth-order valence-corrected chi connectivity index (χ4v) is 3.60. The van der Waals surface area contributed by atoms with Crippen molar-refractivity contribution in [2.24, 2.45) is 0 Å². The zero-order chi connectivity index (χ0) is 22.3. The second kappa shape index (κ2) is 10.0. The maximum Gasteiger partial charge on any atom is 0.298 e. The number of rotatable bonds is 8. The summed E-state index contributed by atoms with van der Waals surface area (Å²) < 4.78 is 29.0. The van der Waals surface area contributed by atoms with Crippen LogP contribution in [-0.2, 0) is 17.6 Å². The van der Waals surface area contributed by atoms with Gasteiger partial charge < -0.3 is 14.8 Å². The zero-order valence-corrected chi connectivity index (χ0v) is 18.1. The van der Waals surface area contributed by atoms with Crippen LogP contribution in [0.25, 0.3) is 0 Å². The van der Waals surface area contributed by atoms with Crippen molar-refractivity contribution in [3.8, 4) is 16.7 Å². The molecule has 0 aliphatic rings. The second-order valence-electron chi connectivity index (χ2n) is 6.96. The Labute approximate surface area is 188 Å². The molecule has 0 saturated heterocycles. The molecular formula is C24H20FN3O3S. The Morgan fingerprint density at radius 1 is 1.00 bits per heavy atom. The van der Waals surface area contributed by atoms with Crippen molar-refractivity contribution in [2.75, 3.05) is 12.4 Å². The van der Waals surface area contributed by atoms with Crippen LogP contribution in [-0.4, -0.2) is 22.4 Å². The number of halogens is 1. The lowest BCUT2D eigenvalue weighted by Gasteiger charge is -2.07. The quantitative estimate of drug-likeness (QED) is 0.398. The van der Waals surface area contributed by atoms with Crippen LogP contribution in [0.4, 0.5) is 10.1 Å². The zero-order valence-electron chi connectivity index (χ0n) is 17.2. The number of nitrogens with zero attached hydrogens (tertiary/aromatic N) is 2. The van der Waals surface area contributed by atoms with Crippen LogP contribution in [0.2, 0.25) is 0 Å². The summed E-state index contributed by atoms with van der Waals surface area (Å²) in [6.45, 7) is 0. The highest BCUT2D eigenvalue weighted by molar-refractivity contribution is 7.07. The monoisotopic (exact) mass is 449 g/mol. The first-order chi connectivity index (χ1) is 15.6. The Kier molecular flexibility index (Phi) is 6.72. The van der Waals surface area contributed by atoms with Crippen LogP contribution in [0.5, 0.6) is 16.7 Å². The maximum absolute atomic E-state index is 13.7. The summed E-state index contributed by atoms with van der Waals surface area (Å²) in [5, 5.41) is 3.01. The predicted octanol–water partition coefficient (Wildman–Crippen LogP) is 5.25. The molecule has 0 saturated carbocycles. The van der Waals surface area contributed by atoms with Crippen LogP contribution < -0.4 is 14.8 Å². The van der Waals surface area contributed by atoms with E-state index in [2.05, 4.69) is 14.7 Å². The molecule has 0 radical (unpaired) electrons. The van der Waals surface area contributed by atoms with Crippen LogP contribution >= 0.6 is 11.5 Å². The molecule has 32 heavy (non-hydrogen) atoms. The molecule has 0 bridgehead atoms. The molecule has 1 N–H and O–H groups in total. The Balaban J connectivity index is 1.33. The first-order valence-corrected chi connectivity index (χ1v) is 10.6. The predicted molar refractivity (Wildman–Crippen MR) is 121 cm³/mol. The lowest BCUT2D eigenvalue weighted by atomic mass is 10.1. The summed E-state index contributed by atoms with van der Waals surface area (Å²) in [4.78, 5) is 16.6. The second-order valence-corrected chi connectivity index (χ2v) is 7.67. The fourth-order valence-electron chi connectivity index (χ4n) is 3.03. The number of carbonyl (C=O) groups excluding carboxylic acids is 1. The van der Waals surface area contributed by atoms with Gasteiger partial charge >= 0.3 is 0 Å². The van der Waals surface area contributed by atoms with E-state index in [0.29, 0.717) is 23.2 Å². The average Bonchev–Trinajstić information content (AvgIpc) is 3.23. The molecule has 8 heteroatoms. The summed E-state index contributed by atoms with van der Waals surface area (Å²) in [5.74, 6) is 1.28. The van der Waals surface area contributed by atoms with E-state index in [1.807, 2.05) is 24.3 Å². The standard InChI is InChI=1S/C24H20FN3O3S/c1-30-19-6-4-5-17(13-19)14-22-27-24(32-28-22)31-18-11-9-16(10-12-18)15-23(29)26-21-8-3-2-7-20(21)25/h2-13H,14-15H2,1H3,(H,26,29). The molecule has 0 atom stereocenters. The smallest absolute Gasteiger partial charge is 0.298 e. The molecule has 0 fully saturated rings. The molecule has 1 amide bonds. The van der Waals surface area contributed by atoms with E-state index in [4.69, 9.17) is 9.47 Å². The number of nitrogens with one attached hydrogen (secondary N) is 1. The Morgan fingerprint density at radius 2 is 1.81 bits per heavy atom. The SMILES string of the molecule is COc1cccc(Cc2nsc(Oc3ccc(CC(=O)Nc4ccccc4F)cc3)n2)c1. The van der Waals surface area contributed by atoms with E-state index in [-0.39, 0.29) is 18.0 Å². The molecule has 1 heterocycles. The number of methoxy groups -OCH3 is 1. The van der Waals surface area contributed by atoms with Gasteiger partial charge in [-0.2, -0.15) is 9.36 Å². The van der Waals surface area contributed by atoms with Gasteiger partial charge in [-0.05, 0) is 47.5 Å². The van der Waals surface area contributed by atoms with Gasteiger partial charge in [0.1, 0.15) is 17.3 Å². The Morgan fingerprint density at radius 3 is 2.59 bits per heavy atom. The summed E-state index contributed by atoms with van der Waals surface area (Å²) in [7, 11) is 1.63. The maximum atomic E-state index is 13.7. The molecule has 3 aromatic carbocycles. The number of ether oxygens (including phenoxy) is 2. The molecule has 0 aliphatic heterocycles. The molecule has 6 nitrogen and oxygen atoms in total. The number of hydrogen-bond acceptors (Lipinski definition) is 6. The minimum absolute atomic E-state index is 0.123. The average molecular weight is 450 g/mol. The highest BCUT2D eigenvalue weighted by atomic mass is 32.1. The Hall–Kier alpha value is -3.78. The van der Waals surface area contributed by atoms with Crippen molar-refractivity contribution in [2.45, 2.75) is 12.8 Å². The topological polar surface area (TPSA) is 73.3 Å². The van der Waals surface area contributed by atoms with Crippen molar-refractivity contribution >= 4 is 23.1 Å². The van der Waals surface area contributed by atoms with Gasteiger partial charge in [0.05, 0.1) is 19.2 Å². The first-order valence-electron chi connectivity index (χ1n) is 9.86. The van der Waals surface area contributed by atoms with Gasteiger partial charge in [0.2, 0.25) is 5.91 Å². The molecule has 0 spiro atoms. The number of amides is 1. The lowest BCUT2D eigenvalue weighted by Crippen LogP contribution is -2.15. The van der Waals surface area contributed by atoms with Gasteiger partial charge in [0.25, 0.3) is 5.19 Å². The van der Waals surface area contributed by atoms with E-state index in [1.165, 1.54) is 23.7 Å². The van der Waals surface area contributed by atoms with E-state index < -0.39 is 5.82 Å². The Bertz CT molecular complexity index is 1210. The molecule has 162 valence electrons. The fraction of sp³-hybridized carbons (Fsp3) is 0.125. The highest BCUT2D eigenvalue weighted by Gasteiger charge is 2.10. The minimum atomic E-state index is -0.465. The van der Waals surface area contributed by atoms with Gasteiger partial charge in [-0.15, -0.1) is 0 Å². The molecule has 1 aromatic heterocycles. The summed E-state index contributed by atoms with van der Waals surface area (Å²) in [6.07, 6.45) is 0.700. The van der Waals surface area contributed by atoms with E-state index in [9.17, 15) is 9.18 Å². The van der Waals surface area contributed by atoms with Crippen molar-refractivity contribution in [1.29, 1.82) is 0 Å². The number of aromatic nitrogens is 2. The first kappa shape index (κ1) is 21.5. The van der Waals surface area contributed by atoms with Crippen LogP contribution in [0.1, 0.15) is 17.0 Å². The summed E-state index contributed by atoms with van der Waals surface area (Å²) in [5.41, 5.74) is 1.99. The van der Waals surface area contributed by atoms with Crippen LogP contribution in [0, 0.1) is 5.82 Å². The van der Waals surface area contributed by atoms with Gasteiger partial charge in [-0.25, -0.2) is 4.39 Å². The van der Waals surface area contributed by atoms with E-state index in [0.717, 1.165) is 16.9 Å². The third-order valence-electron chi connectivity index (χ3n) is 4.59. The number of para-hydroxylation sites is 1. The summed E-state index contributed by atoms with van der Waals surface area (Å²) >= 11 is 1.18. The molecule has 4 rings (SSSR count). The number of anilines is 1. The van der Waals surface area contributed by atoms with Crippen molar-refractivity contribution < 1.29 is 18.7 Å². The van der Waals surface area contributed by atoms with Gasteiger partial charge in [0, 0.05) is 18.0 Å². The third kappa shape index (κ3) is 5.67. The van der Waals surface area contributed by atoms with Gasteiger partial charge in [0.15, 0.2) is 5.82 Å². The largest absolute Gasteiger partial charge is 0.497 e. The molecular weight excluding hydrogens is 429 g/mol. The van der Waals surface area contributed by atoms with Gasteiger partial charge in [-0.3, -0.25) is 4.79 Å². The van der Waals surface area contributed by atoms with Gasteiger partial charge in [-0.1, -0.05) is 36.4 Å². The molecule has 0 aliphatic carbocycles. The van der Waals surface area contributed by atoms with E-state index in [1.54, 1.807) is 43.5 Å². The molecule has 4 aromatic rings. The number of benzene rings is 3. The van der Waals surface area contributed by atoms with Crippen LogP contribution in [0.15, 0.2) is 72.8 Å². The van der Waals surface area contributed by atoms with Crippen molar-refractivity contribution in [3.63, 3.8) is 0 Å². The summed E-state index contributed by atoms with van der Waals surface area (Å²) in [6, 6.07) is 20.9. The number of carbonyl (C=O) groups is 1. The van der Waals surface area contributed by atoms with Crippen molar-refractivity contribution in [3.05, 3.63) is 95.6 Å². The normalized spacial score (nSPS) is 10.6. The number of hydrogen-bond donors (Lipinski definition) is 1. The van der Waals surface area contributed by atoms with E-state index >= 15 is 0 Å². The van der Waals surface area contributed by atoms with Crippen molar-refractivity contribution in [1.82, 2.24) is 9.36 Å².